The molecule has 0 unspecified atom stereocenters. The predicted octanol–water partition coefficient (Wildman–Crippen LogP) is 3.22. The number of benzene rings is 1. The summed E-state index contributed by atoms with van der Waals surface area (Å²) in [6.07, 6.45) is 2.13. The van der Waals surface area contributed by atoms with Gasteiger partial charge in [0.1, 0.15) is 11.5 Å². The highest BCUT2D eigenvalue weighted by atomic mass is 35.5. The molecule has 0 saturated carbocycles. The van der Waals surface area contributed by atoms with Crippen LogP contribution in [0.3, 0.4) is 0 Å². The molecule has 6 nitrogen and oxygen atoms in total. The van der Waals surface area contributed by atoms with Gasteiger partial charge in [-0.3, -0.25) is 10.1 Å². The molecule has 0 spiro atoms. The summed E-state index contributed by atoms with van der Waals surface area (Å²) in [5, 5.41) is 23.8. The first-order valence-corrected chi connectivity index (χ1v) is 6.50. The molecule has 0 aliphatic rings. The summed E-state index contributed by atoms with van der Waals surface area (Å²) < 4.78 is 5.16. The molecule has 2 aromatic rings. The zero-order valence-electron chi connectivity index (χ0n) is 10.6. The monoisotopic (exact) mass is 296 g/mol. The molecule has 0 amide bonds. The number of aliphatic hydroxyl groups is 1. The third-order valence-electron chi connectivity index (χ3n) is 2.83. The number of aryl methyl sites for hydroxylation is 1. The first kappa shape index (κ1) is 14.5. The van der Waals surface area contributed by atoms with Crippen LogP contribution in [0.1, 0.15) is 18.6 Å². The van der Waals surface area contributed by atoms with Gasteiger partial charge in [0, 0.05) is 36.8 Å². The van der Waals surface area contributed by atoms with Gasteiger partial charge in [-0.1, -0.05) is 16.8 Å². The van der Waals surface area contributed by atoms with E-state index >= 15 is 0 Å². The van der Waals surface area contributed by atoms with Crippen LogP contribution in [0.5, 0.6) is 0 Å². The summed E-state index contributed by atoms with van der Waals surface area (Å²) >= 11 is 6.03. The first-order valence-electron chi connectivity index (χ1n) is 6.12. The van der Waals surface area contributed by atoms with Crippen molar-refractivity contribution in [2.24, 2.45) is 0 Å². The Kier molecular flexibility index (Phi) is 4.70. The topological polar surface area (TPSA) is 89.4 Å². The number of hydrogen-bond donors (Lipinski definition) is 1. The SMILES string of the molecule is O=[N+]([O-])c1ccc(Cl)c(-c2cc(CCCCO)on2)c1. The van der Waals surface area contributed by atoms with Gasteiger partial charge in [-0.2, -0.15) is 0 Å². The minimum absolute atomic E-state index is 0.0470. The molecular weight excluding hydrogens is 284 g/mol. The molecule has 0 radical (unpaired) electrons. The average molecular weight is 297 g/mol. The Balaban J connectivity index is 2.23. The molecule has 1 aromatic carbocycles. The van der Waals surface area contributed by atoms with Gasteiger partial charge < -0.3 is 9.63 Å². The molecule has 0 atom stereocenters. The predicted molar refractivity (Wildman–Crippen MR) is 73.6 cm³/mol. The van der Waals surface area contributed by atoms with E-state index in [4.69, 9.17) is 21.2 Å². The number of nitrogens with zero attached hydrogens (tertiary/aromatic N) is 2. The van der Waals surface area contributed by atoms with Gasteiger partial charge >= 0.3 is 0 Å². The molecule has 1 N–H and O–H groups in total. The molecule has 106 valence electrons. The lowest BCUT2D eigenvalue weighted by atomic mass is 10.1. The van der Waals surface area contributed by atoms with Crippen molar-refractivity contribution in [3.63, 3.8) is 0 Å². The molecule has 2 rings (SSSR count). The largest absolute Gasteiger partial charge is 0.396 e. The highest BCUT2D eigenvalue weighted by Crippen LogP contribution is 2.31. The van der Waals surface area contributed by atoms with Gasteiger partial charge in [-0.15, -0.1) is 0 Å². The third kappa shape index (κ3) is 3.34. The highest BCUT2D eigenvalue weighted by Gasteiger charge is 2.14. The molecule has 1 heterocycles. The van der Waals surface area contributed by atoms with Crippen LogP contribution in [-0.4, -0.2) is 21.8 Å². The Morgan fingerprint density at radius 3 is 2.85 bits per heavy atom. The highest BCUT2D eigenvalue weighted by molar-refractivity contribution is 6.33. The number of unbranched alkanes of at least 4 members (excludes halogenated alkanes) is 1. The number of halogens is 1. The van der Waals surface area contributed by atoms with E-state index in [1.807, 2.05) is 0 Å². The summed E-state index contributed by atoms with van der Waals surface area (Å²) in [6.45, 7) is 0.137. The van der Waals surface area contributed by atoms with E-state index in [2.05, 4.69) is 5.16 Å². The van der Waals surface area contributed by atoms with Crippen LogP contribution in [-0.2, 0) is 6.42 Å². The normalized spacial score (nSPS) is 10.7. The Bertz CT molecular complexity index is 612. The van der Waals surface area contributed by atoms with Gasteiger partial charge in [0.25, 0.3) is 5.69 Å². The van der Waals surface area contributed by atoms with Crippen LogP contribution < -0.4 is 0 Å². The fourth-order valence-corrected chi connectivity index (χ4v) is 2.01. The van der Waals surface area contributed by atoms with Crippen molar-refractivity contribution in [3.8, 4) is 11.3 Å². The Hall–Kier alpha value is -1.92. The zero-order chi connectivity index (χ0) is 14.5. The maximum absolute atomic E-state index is 10.8. The standard InChI is InChI=1S/C13H13ClN2O4/c14-12-5-4-9(16(18)19)7-11(12)13-8-10(20-15-13)3-1-2-6-17/h4-5,7-8,17H,1-3,6H2. The molecule has 7 heteroatoms. The van der Waals surface area contributed by atoms with E-state index in [1.165, 1.54) is 18.2 Å². The van der Waals surface area contributed by atoms with Gasteiger partial charge in [0.2, 0.25) is 0 Å². The molecule has 0 bridgehead atoms. The van der Waals surface area contributed by atoms with Crippen LogP contribution in [0.25, 0.3) is 11.3 Å². The summed E-state index contributed by atoms with van der Waals surface area (Å²) in [5.41, 5.74) is 0.893. The van der Waals surface area contributed by atoms with Crippen LogP contribution in [0.2, 0.25) is 5.02 Å². The van der Waals surface area contributed by atoms with Crippen molar-refractivity contribution in [1.82, 2.24) is 5.16 Å². The van der Waals surface area contributed by atoms with E-state index in [1.54, 1.807) is 6.07 Å². The van der Waals surface area contributed by atoms with Gasteiger partial charge in [-0.25, -0.2) is 0 Å². The smallest absolute Gasteiger partial charge is 0.270 e. The molecule has 0 aliphatic heterocycles. The van der Waals surface area contributed by atoms with E-state index in [0.29, 0.717) is 34.9 Å². The second-order valence-electron chi connectivity index (χ2n) is 4.28. The fourth-order valence-electron chi connectivity index (χ4n) is 1.79. The van der Waals surface area contributed by atoms with Crippen molar-refractivity contribution in [3.05, 3.63) is 45.2 Å². The van der Waals surface area contributed by atoms with Crippen molar-refractivity contribution < 1.29 is 14.6 Å². The van der Waals surface area contributed by atoms with E-state index in [-0.39, 0.29) is 12.3 Å². The number of aliphatic hydroxyl groups excluding tert-OH is 1. The molecular formula is C13H13ClN2O4. The lowest BCUT2D eigenvalue weighted by molar-refractivity contribution is -0.384. The molecule has 1 aromatic heterocycles. The number of aromatic nitrogens is 1. The molecule has 0 aliphatic carbocycles. The first-order chi connectivity index (χ1) is 9.61. The van der Waals surface area contributed by atoms with Crippen molar-refractivity contribution in [1.29, 1.82) is 0 Å². The number of nitro groups is 1. The summed E-state index contributed by atoms with van der Waals surface area (Å²) in [6, 6.07) is 5.89. The molecule has 0 saturated heterocycles. The maximum Gasteiger partial charge on any atom is 0.270 e. The van der Waals surface area contributed by atoms with Crippen molar-refractivity contribution in [2.45, 2.75) is 19.3 Å². The van der Waals surface area contributed by atoms with Crippen LogP contribution >= 0.6 is 11.6 Å². The summed E-state index contributed by atoms with van der Waals surface area (Å²) in [4.78, 5) is 10.3. The lowest BCUT2D eigenvalue weighted by Crippen LogP contribution is -1.89. The number of rotatable bonds is 6. The third-order valence-corrected chi connectivity index (χ3v) is 3.16. The second-order valence-corrected chi connectivity index (χ2v) is 4.69. The Labute approximate surface area is 120 Å². The minimum Gasteiger partial charge on any atom is -0.396 e. The van der Waals surface area contributed by atoms with Gasteiger partial charge in [-0.05, 0) is 18.9 Å². The Morgan fingerprint density at radius 2 is 2.15 bits per heavy atom. The van der Waals surface area contributed by atoms with E-state index in [9.17, 15) is 10.1 Å². The van der Waals surface area contributed by atoms with E-state index < -0.39 is 4.92 Å². The summed E-state index contributed by atoms with van der Waals surface area (Å²) in [7, 11) is 0. The fraction of sp³-hybridized carbons (Fsp3) is 0.308. The molecule has 20 heavy (non-hydrogen) atoms. The number of non-ortho nitro benzene ring substituents is 1. The van der Waals surface area contributed by atoms with Crippen LogP contribution in [0, 0.1) is 10.1 Å². The lowest BCUT2D eigenvalue weighted by Gasteiger charge is -1.99. The Morgan fingerprint density at radius 1 is 1.35 bits per heavy atom. The number of nitro benzene ring substituents is 1. The van der Waals surface area contributed by atoms with Crippen molar-refractivity contribution in [2.75, 3.05) is 6.61 Å². The maximum atomic E-state index is 10.8. The van der Waals surface area contributed by atoms with Crippen LogP contribution in [0.15, 0.2) is 28.8 Å². The zero-order valence-corrected chi connectivity index (χ0v) is 11.3. The van der Waals surface area contributed by atoms with Gasteiger partial charge in [0.15, 0.2) is 0 Å². The molecule has 0 fully saturated rings. The second kappa shape index (κ2) is 6.49. The van der Waals surface area contributed by atoms with Crippen molar-refractivity contribution >= 4 is 17.3 Å². The minimum atomic E-state index is -0.484. The van der Waals surface area contributed by atoms with Gasteiger partial charge in [0.05, 0.1) is 9.95 Å². The van der Waals surface area contributed by atoms with Crippen LogP contribution in [0.4, 0.5) is 5.69 Å². The number of hydrogen-bond acceptors (Lipinski definition) is 5. The quantitative estimate of drug-likeness (QED) is 0.502. The summed E-state index contributed by atoms with van der Waals surface area (Å²) in [5.74, 6) is 0.663. The average Bonchev–Trinajstić information content (AvgIpc) is 2.88. The van der Waals surface area contributed by atoms with E-state index in [0.717, 1.165) is 6.42 Å².